The maximum absolute atomic E-state index is 12.0. The summed E-state index contributed by atoms with van der Waals surface area (Å²) in [4.78, 5) is 12.0. The Hall–Kier alpha value is -1.36. The van der Waals surface area contributed by atoms with E-state index >= 15 is 0 Å². The Labute approximate surface area is 132 Å². The Balaban J connectivity index is 1.64. The summed E-state index contributed by atoms with van der Waals surface area (Å²) < 4.78 is 6.75. The first-order valence-corrected chi connectivity index (χ1v) is 7.83. The lowest BCUT2D eigenvalue weighted by Gasteiger charge is -2.07. The second kappa shape index (κ2) is 5.95. The molecule has 0 atom stereocenters. The summed E-state index contributed by atoms with van der Waals surface area (Å²) >= 11 is 2.22. The number of ether oxygens (including phenoxy) is 1. The molecule has 2 nitrogen and oxygen atoms in total. The summed E-state index contributed by atoms with van der Waals surface area (Å²) in [5.74, 6) is 0.811. The fraction of sp³-hybridized carbons (Fsp3) is 0.235. The highest BCUT2D eigenvalue weighted by Crippen LogP contribution is 2.26. The van der Waals surface area contributed by atoms with Crippen LogP contribution in [0.15, 0.2) is 42.5 Å². The molecule has 0 aliphatic heterocycles. The minimum absolute atomic E-state index is 0.0156. The van der Waals surface area contributed by atoms with Crippen LogP contribution < -0.4 is 4.74 Å². The summed E-state index contributed by atoms with van der Waals surface area (Å²) in [5.41, 5.74) is 3.48. The lowest BCUT2D eigenvalue weighted by Crippen LogP contribution is -2.11. The largest absolute Gasteiger partial charge is 0.485 e. The average Bonchev–Trinajstić information content (AvgIpc) is 2.93. The number of halogens is 1. The van der Waals surface area contributed by atoms with E-state index in [4.69, 9.17) is 4.74 Å². The zero-order valence-corrected chi connectivity index (χ0v) is 13.2. The van der Waals surface area contributed by atoms with Crippen LogP contribution in [0.4, 0.5) is 0 Å². The Morgan fingerprint density at radius 2 is 1.80 bits per heavy atom. The van der Waals surface area contributed by atoms with E-state index in [1.807, 2.05) is 30.3 Å². The van der Waals surface area contributed by atoms with Gasteiger partial charge in [-0.3, -0.25) is 4.79 Å². The zero-order chi connectivity index (χ0) is 13.9. The number of hydrogen-bond acceptors (Lipinski definition) is 2. The first-order valence-electron chi connectivity index (χ1n) is 6.76. The van der Waals surface area contributed by atoms with Gasteiger partial charge in [-0.2, -0.15) is 0 Å². The Morgan fingerprint density at radius 3 is 2.60 bits per heavy atom. The molecule has 0 saturated heterocycles. The molecule has 1 aliphatic rings. The molecule has 0 heterocycles. The molecular formula is C17H15IO2. The molecule has 0 aromatic heterocycles. The summed E-state index contributed by atoms with van der Waals surface area (Å²) in [5, 5.41) is 0. The normalized spacial score (nSPS) is 13.1. The van der Waals surface area contributed by atoms with Gasteiger partial charge in [-0.05, 0) is 77.2 Å². The van der Waals surface area contributed by atoms with Crippen molar-refractivity contribution >= 4 is 28.4 Å². The van der Waals surface area contributed by atoms with Crippen LogP contribution in [0.2, 0.25) is 0 Å². The standard InChI is InChI=1S/C17H15IO2/c18-15-7-4-13(5-8-15)17(19)11-20-16-9-6-12-2-1-3-14(12)10-16/h4-10H,1-3,11H2. The van der Waals surface area contributed by atoms with Gasteiger partial charge in [-0.25, -0.2) is 0 Å². The molecule has 102 valence electrons. The van der Waals surface area contributed by atoms with Crippen molar-refractivity contribution in [1.82, 2.24) is 0 Å². The lowest BCUT2D eigenvalue weighted by atomic mass is 10.1. The van der Waals surface area contributed by atoms with Crippen LogP contribution in [0.5, 0.6) is 5.75 Å². The maximum Gasteiger partial charge on any atom is 0.200 e. The van der Waals surface area contributed by atoms with Crippen molar-refractivity contribution in [2.24, 2.45) is 0 Å². The number of fused-ring (bicyclic) bond motifs is 1. The molecule has 0 radical (unpaired) electrons. The van der Waals surface area contributed by atoms with Crippen molar-refractivity contribution in [2.75, 3.05) is 6.61 Å². The van der Waals surface area contributed by atoms with E-state index in [1.165, 1.54) is 17.5 Å². The van der Waals surface area contributed by atoms with E-state index in [0.29, 0.717) is 5.56 Å². The van der Waals surface area contributed by atoms with Crippen molar-refractivity contribution < 1.29 is 9.53 Å². The summed E-state index contributed by atoms with van der Waals surface area (Å²) in [6.07, 6.45) is 3.51. The van der Waals surface area contributed by atoms with Gasteiger partial charge in [0.15, 0.2) is 12.4 Å². The van der Waals surface area contributed by atoms with E-state index in [2.05, 4.69) is 34.7 Å². The van der Waals surface area contributed by atoms with Gasteiger partial charge in [-0.15, -0.1) is 0 Å². The molecule has 0 amide bonds. The monoisotopic (exact) mass is 378 g/mol. The van der Waals surface area contributed by atoms with Crippen molar-refractivity contribution in [3.63, 3.8) is 0 Å². The number of carbonyl (C=O) groups is 1. The zero-order valence-electron chi connectivity index (χ0n) is 11.1. The van der Waals surface area contributed by atoms with Gasteiger partial charge in [-0.1, -0.05) is 18.2 Å². The number of benzene rings is 2. The number of hydrogen-bond donors (Lipinski definition) is 0. The van der Waals surface area contributed by atoms with Gasteiger partial charge in [0.2, 0.25) is 0 Å². The van der Waals surface area contributed by atoms with Crippen LogP contribution in [-0.2, 0) is 12.8 Å². The third-order valence-electron chi connectivity index (χ3n) is 3.61. The number of rotatable bonds is 4. The highest BCUT2D eigenvalue weighted by molar-refractivity contribution is 14.1. The van der Waals surface area contributed by atoms with E-state index < -0.39 is 0 Å². The molecule has 0 spiro atoms. The molecule has 0 unspecified atom stereocenters. The van der Waals surface area contributed by atoms with Crippen molar-refractivity contribution in [1.29, 1.82) is 0 Å². The van der Waals surface area contributed by atoms with Gasteiger partial charge in [0.05, 0.1) is 0 Å². The minimum atomic E-state index is 0.0156. The van der Waals surface area contributed by atoms with Gasteiger partial charge in [0, 0.05) is 9.13 Å². The molecule has 3 rings (SSSR count). The van der Waals surface area contributed by atoms with Crippen molar-refractivity contribution in [2.45, 2.75) is 19.3 Å². The molecule has 1 aliphatic carbocycles. The van der Waals surface area contributed by atoms with Crippen LogP contribution in [0, 0.1) is 3.57 Å². The maximum atomic E-state index is 12.0. The third kappa shape index (κ3) is 3.03. The predicted octanol–water partition coefficient (Wildman–Crippen LogP) is 4.04. The van der Waals surface area contributed by atoms with Crippen LogP contribution in [0.25, 0.3) is 0 Å². The summed E-state index contributed by atoms with van der Waals surface area (Å²) in [6.45, 7) is 0.0966. The predicted molar refractivity (Wildman–Crippen MR) is 87.5 cm³/mol. The van der Waals surface area contributed by atoms with Crippen LogP contribution in [0.1, 0.15) is 27.9 Å². The highest BCUT2D eigenvalue weighted by Gasteiger charge is 2.12. The molecule has 0 fully saturated rings. The van der Waals surface area contributed by atoms with E-state index in [0.717, 1.165) is 22.2 Å². The Morgan fingerprint density at radius 1 is 1.05 bits per heavy atom. The second-order valence-corrected chi connectivity index (χ2v) is 6.25. The third-order valence-corrected chi connectivity index (χ3v) is 4.33. The number of ketones is 1. The number of aryl methyl sites for hydroxylation is 2. The van der Waals surface area contributed by atoms with Gasteiger partial charge in [0.25, 0.3) is 0 Å². The number of carbonyl (C=O) groups excluding carboxylic acids is 1. The van der Waals surface area contributed by atoms with Crippen LogP contribution >= 0.6 is 22.6 Å². The smallest absolute Gasteiger partial charge is 0.200 e. The van der Waals surface area contributed by atoms with Crippen molar-refractivity contribution in [3.05, 3.63) is 62.7 Å². The Bertz CT molecular complexity index is 632. The second-order valence-electron chi connectivity index (χ2n) is 5.00. The Kier molecular flexibility index (Phi) is 4.05. The molecule has 2 aromatic carbocycles. The van der Waals surface area contributed by atoms with Gasteiger partial charge < -0.3 is 4.74 Å². The van der Waals surface area contributed by atoms with Crippen LogP contribution in [0.3, 0.4) is 0 Å². The molecule has 0 saturated carbocycles. The number of Topliss-reactive ketones (excluding diaryl/α,β-unsaturated/α-hetero) is 1. The molecule has 2 aromatic rings. The lowest BCUT2D eigenvalue weighted by molar-refractivity contribution is 0.0921. The fourth-order valence-electron chi connectivity index (χ4n) is 2.51. The molecule has 0 bridgehead atoms. The van der Waals surface area contributed by atoms with Gasteiger partial charge >= 0.3 is 0 Å². The highest BCUT2D eigenvalue weighted by atomic mass is 127. The van der Waals surface area contributed by atoms with E-state index in [1.54, 1.807) is 0 Å². The topological polar surface area (TPSA) is 26.3 Å². The van der Waals surface area contributed by atoms with Gasteiger partial charge in [0.1, 0.15) is 5.75 Å². The first-order chi connectivity index (χ1) is 9.72. The molecular weight excluding hydrogens is 363 g/mol. The molecule has 3 heteroatoms. The van der Waals surface area contributed by atoms with Crippen LogP contribution in [-0.4, -0.2) is 12.4 Å². The quantitative estimate of drug-likeness (QED) is 0.593. The van der Waals surface area contributed by atoms with E-state index in [-0.39, 0.29) is 12.4 Å². The van der Waals surface area contributed by atoms with E-state index in [9.17, 15) is 4.79 Å². The summed E-state index contributed by atoms with van der Waals surface area (Å²) in [7, 11) is 0. The molecule has 20 heavy (non-hydrogen) atoms. The fourth-order valence-corrected chi connectivity index (χ4v) is 2.87. The average molecular weight is 378 g/mol. The minimum Gasteiger partial charge on any atom is -0.485 e. The summed E-state index contributed by atoms with van der Waals surface area (Å²) in [6, 6.07) is 13.7. The first kappa shape index (κ1) is 13.6. The SMILES string of the molecule is O=C(COc1ccc2c(c1)CCC2)c1ccc(I)cc1. The van der Waals surface area contributed by atoms with Crippen molar-refractivity contribution in [3.8, 4) is 5.75 Å². The molecule has 0 N–H and O–H groups in total.